The van der Waals surface area contributed by atoms with Gasteiger partial charge in [0.25, 0.3) is 13.4 Å². The minimum Gasteiger partial charge on any atom is -0.310 e. The molecule has 13 aromatic rings. The van der Waals surface area contributed by atoms with E-state index in [1.807, 2.05) is 0 Å². The van der Waals surface area contributed by atoms with Crippen LogP contribution in [0, 0.1) is 27.7 Å². The van der Waals surface area contributed by atoms with Gasteiger partial charge in [0.2, 0.25) is 0 Å². The lowest BCUT2D eigenvalue weighted by molar-refractivity contribution is 1.13. The molecule has 4 nitrogen and oxygen atoms in total. The van der Waals surface area contributed by atoms with Gasteiger partial charge in [-0.15, -0.1) is 0 Å². The van der Waals surface area contributed by atoms with Crippen LogP contribution >= 0.6 is 0 Å². The molecule has 0 aliphatic carbocycles. The van der Waals surface area contributed by atoms with Gasteiger partial charge in [0.1, 0.15) is 0 Å². The van der Waals surface area contributed by atoms with Crippen LogP contribution in [0.1, 0.15) is 22.3 Å². The van der Waals surface area contributed by atoms with Gasteiger partial charge in [-0.05, 0) is 133 Å². The van der Waals surface area contributed by atoms with Gasteiger partial charge in [-0.25, -0.2) is 0 Å². The number of para-hydroxylation sites is 2. The number of hydrogen-bond acceptors (Lipinski definition) is 0. The van der Waals surface area contributed by atoms with Crippen molar-refractivity contribution < 1.29 is 0 Å². The summed E-state index contributed by atoms with van der Waals surface area (Å²) >= 11 is 0. The number of rotatable bonds is 0. The fourth-order valence-corrected chi connectivity index (χ4v) is 13.9. The van der Waals surface area contributed by atoms with E-state index < -0.39 is 0 Å². The van der Waals surface area contributed by atoms with Gasteiger partial charge in [-0.1, -0.05) is 95.1 Å². The first kappa shape index (κ1) is 32.9. The lowest BCUT2D eigenvalue weighted by atomic mass is 9.34. The maximum Gasteiger partial charge on any atom is 0.252 e. The van der Waals surface area contributed by atoms with Crippen LogP contribution < -0.4 is 32.8 Å². The van der Waals surface area contributed by atoms with Crippen molar-refractivity contribution in [1.82, 2.24) is 18.3 Å². The smallest absolute Gasteiger partial charge is 0.252 e. The Labute approximate surface area is 368 Å². The summed E-state index contributed by atoms with van der Waals surface area (Å²) in [6.07, 6.45) is 0. The van der Waals surface area contributed by atoms with E-state index in [2.05, 4.69) is 192 Å². The Balaban J connectivity index is 1.00. The average Bonchev–Trinajstić information content (AvgIpc) is 4.01. The van der Waals surface area contributed by atoms with Crippen molar-refractivity contribution >= 4 is 133 Å². The summed E-state index contributed by atoms with van der Waals surface area (Å²) in [4.78, 5) is 0. The molecule has 0 bridgehead atoms. The van der Waals surface area contributed by atoms with E-state index in [-0.39, 0.29) is 13.4 Å². The molecule has 0 amide bonds. The summed E-state index contributed by atoms with van der Waals surface area (Å²) in [5.74, 6) is 0. The molecule has 0 radical (unpaired) electrons. The summed E-state index contributed by atoms with van der Waals surface area (Å²) < 4.78 is 10.4. The summed E-state index contributed by atoms with van der Waals surface area (Å²) in [5, 5.41) is 10.7. The highest BCUT2D eigenvalue weighted by molar-refractivity contribution is 7.01. The molecule has 8 heterocycles. The fraction of sp³-hybridized carbons (Fsp3) is 0.0690. The maximum atomic E-state index is 2.63. The molecule has 4 aliphatic rings. The fourth-order valence-electron chi connectivity index (χ4n) is 13.9. The third-order valence-corrected chi connectivity index (χ3v) is 16.0. The predicted octanol–water partition coefficient (Wildman–Crippen LogP) is 9.59. The van der Waals surface area contributed by atoms with Crippen LogP contribution in [0.5, 0.6) is 0 Å². The second kappa shape index (κ2) is 10.6. The van der Waals surface area contributed by atoms with Crippen LogP contribution in [0.4, 0.5) is 0 Å². The van der Waals surface area contributed by atoms with E-state index in [0.717, 1.165) is 0 Å². The van der Waals surface area contributed by atoms with E-state index in [4.69, 9.17) is 0 Å². The van der Waals surface area contributed by atoms with Gasteiger partial charge in [0.05, 0.1) is 22.1 Å². The molecule has 0 unspecified atom stereocenters. The topological polar surface area (TPSA) is 19.7 Å². The first-order valence-electron chi connectivity index (χ1n) is 22.8. The number of fused-ring (bicyclic) bond motifs is 20. The highest BCUT2D eigenvalue weighted by Crippen LogP contribution is 2.44. The zero-order valence-corrected chi connectivity index (χ0v) is 35.8. The lowest BCUT2D eigenvalue weighted by Crippen LogP contribution is -2.59. The number of nitrogens with zero attached hydrogens (tertiary/aromatic N) is 4. The Morgan fingerprint density at radius 3 is 1.11 bits per heavy atom. The van der Waals surface area contributed by atoms with Gasteiger partial charge in [-0.2, -0.15) is 0 Å². The molecule has 4 aromatic heterocycles. The summed E-state index contributed by atoms with van der Waals surface area (Å²) in [7, 11) is 0. The standard InChI is InChI=1S/C58H36B2N4/c1-29-17-19-45-35(21-29)39-23-31(3)25-43-57(39)61(45)47-13-7-15-49-53(47)59(43)41-11-5-9-33-37-27-38-34-10-6-12-42-56(34)64(52(38)28-51(37)63(49)55(33)41)50-16-8-14-48-54(50)60(42)44-26-32(4)24-40-36-22-30(2)18-20-46(36)62(48)58(40)44/h5-28H,1-4H3. The molecule has 9 aromatic carbocycles. The lowest BCUT2D eigenvalue weighted by Gasteiger charge is -2.34. The highest BCUT2D eigenvalue weighted by atomic mass is 15.1. The largest absolute Gasteiger partial charge is 0.310 e. The van der Waals surface area contributed by atoms with Crippen molar-refractivity contribution in [2.75, 3.05) is 0 Å². The zero-order valence-electron chi connectivity index (χ0n) is 35.8. The first-order chi connectivity index (χ1) is 31.4. The van der Waals surface area contributed by atoms with Gasteiger partial charge in [-0.3, -0.25) is 0 Å². The predicted molar refractivity (Wildman–Crippen MR) is 272 cm³/mol. The zero-order chi connectivity index (χ0) is 41.8. The van der Waals surface area contributed by atoms with Crippen LogP contribution in [-0.4, -0.2) is 31.7 Å². The third-order valence-electron chi connectivity index (χ3n) is 16.0. The van der Waals surface area contributed by atoms with Crippen LogP contribution in [0.15, 0.2) is 146 Å². The van der Waals surface area contributed by atoms with Crippen LogP contribution in [0.2, 0.25) is 0 Å². The molecule has 0 N–H and O–H groups in total. The summed E-state index contributed by atoms with van der Waals surface area (Å²) in [6.45, 7) is 9.24. The normalized spacial score (nSPS) is 13.9. The van der Waals surface area contributed by atoms with Crippen LogP contribution in [0.25, 0.3) is 110 Å². The van der Waals surface area contributed by atoms with Gasteiger partial charge in [0.15, 0.2) is 0 Å². The second-order valence-electron chi connectivity index (χ2n) is 19.5. The Morgan fingerprint density at radius 2 is 0.656 bits per heavy atom. The number of hydrogen-bond donors (Lipinski definition) is 0. The quantitative estimate of drug-likeness (QED) is 0.136. The number of aryl methyl sites for hydroxylation is 4. The molecule has 4 aliphatic heterocycles. The molecule has 0 spiro atoms. The number of benzene rings is 9. The first-order valence-corrected chi connectivity index (χ1v) is 22.8. The minimum atomic E-state index is 0.128. The van der Waals surface area contributed by atoms with Gasteiger partial charge < -0.3 is 18.3 Å². The van der Waals surface area contributed by atoms with Crippen molar-refractivity contribution in [1.29, 1.82) is 0 Å². The number of aromatic nitrogens is 4. The van der Waals surface area contributed by atoms with Gasteiger partial charge >= 0.3 is 0 Å². The van der Waals surface area contributed by atoms with Crippen molar-refractivity contribution in [3.8, 4) is 22.7 Å². The summed E-state index contributed by atoms with van der Waals surface area (Å²) in [6, 6.07) is 57.1. The van der Waals surface area contributed by atoms with Crippen molar-refractivity contribution in [3.63, 3.8) is 0 Å². The SMILES string of the molecule is Cc1ccc2c(c1)c1cc(C)cc3c1n2-c1cccc2c1B3c1cccc3c4cc5c6cccc7c6n(c5cc4n-2c13)-c1cccc2c1B7c1cc(C)cc3c4cc(C)ccc4n-2c13. The van der Waals surface area contributed by atoms with Gasteiger partial charge in [0, 0.05) is 87.9 Å². The Bertz CT molecular complexity index is 4210. The van der Waals surface area contributed by atoms with E-state index >= 15 is 0 Å². The molecule has 0 atom stereocenters. The molecule has 0 saturated carbocycles. The maximum absolute atomic E-state index is 2.63. The van der Waals surface area contributed by atoms with E-state index in [0.29, 0.717) is 0 Å². The molecule has 0 fully saturated rings. The molecule has 294 valence electrons. The monoisotopic (exact) mass is 810 g/mol. The average molecular weight is 811 g/mol. The highest BCUT2D eigenvalue weighted by Gasteiger charge is 2.43. The van der Waals surface area contributed by atoms with Crippen molar-refractivity contribution in [2.24, 2.45) is 0 Å². The molecule has 0 saturated heterocycles. The van der Waals surface area contributed by atoms with E-state index in [1.165, 1.54) is 165 Å². The molecular weight excluding hydrogens is 774 g/mol. The third kappa shape index (κ3) is 3.49. The molecular formula is C58H36B2N4. The minimum absolute atomic E-state index is 0.128. The van der Waals surface area contributed by atoms with Crippen molar-refractivity contribution in [3.05, 3.63) is 168 Å². The van der Waals surface area contributed by atoms with E-state index in [9.17, 15) is 0 Å². The van der Waals surface area contributed by atoms with E-state index in [1.54, 1.807) is 0 Å². The molecule has 6 heteroatoms. The molecule has 64 heavy (non-hydrogen) atoms. The summed E-state index contributed by atoms with van der Waals surface area (Å²) in [5.41, 5.74) is 29.2. The second-order valence-corrected chi connectivity index (χ2v) is 19.5. The molecule has 17 rings (SSSR count). The Hall–Kier alpha value is -7.69. The van der Waals surface area contributed by atoms with Crippen LogP contribution in [0.3, 0.4) is 0 Å². The van der Waals surface area contributed by atoms with Crippen LogP contribution in [-0.2, 0) is 0 Å². The Morgan fingerprint density at radius 1 is 0.281 bits per heavy atom. The Kier molecular flexibility index (Phi) is 5.43. The van der Waals surface area contributed by atoms with Crippen molar-refractivity contribution in [2.45, 2.75) is 27.7 Å².